The Morgan fingerprint density at radius 2 is 2.75 bits per heavy atom. The molecule has 0 unspecified atom stereocenters. The average Bonchev–Trinajstić information content (AvgIpc) is 1.25. The van der Waals surface area contributed by atoms with E-state index >= 15 is 0 Å². The summed E-state index contributed by atoms with van der Waals surface area (Å²) in [5.41, 5.74) is 0. The minimum Gasteiger partial charge on any atom is -0.483 e. The van der Waals surface area contributed by atoms with Crippen LogP contribution in [0.5, 0.6) is 0 Å². The van der Waals surface area contributed by atoms with E-state index in [4.69, 9.17) is 15.5 Å². The third-order valence-corrected chi connectivity index (χ3v) is 0. The Labute approximate surface area is 29.6 Å². The molecule has 0 aromatic rings. The summed E-state index contributed by atoms with van der Waals surface area (Å²) in [5.74, 6) is 0. The predicted molar refractivity (Wildman–Crippen MR) is 13.7 cm³/mol. The first-order chi connectivity index (χ1) is 3.46. The lowest BCUT2D eigenvalue weighted by atomic mass is 11.7. The van der Waals surface area contributed by atoms with E-state index in [0.29, 0.717) is 0 Å². The van der Waals surface area contributed by atoms with E-state index in [1.807, 2.05) is 0 Å². The van der Waals surface area contributed by atoms with Crippen molar-refractivity contribution in [1.29, 1.82) is 0 Å². The van der Waals surface area contributed by atoms with Crippen LogP contribution >= 0.6 is 0 Å². The molecule has 26 valence electrons. The van der Waals surface area contributed by atoms with Gasteiger partial charge in [-0.25, -0.2) is 0 Å². The lowest BCUT2D eigenvalue weighted by molar-refractivity contribution is -0.122. The molecule has 0 saturated heterocycles. The normalized spacial score (nSPS) is 16.2. The highest BCUT2D eigenvalue weighted by Crippen LogP contribution is 0.966. The lowest BCUT2D eigenvalue weighted by Gasteiger charge is -1.34. The van der Waals surface area contributed by atoms with E-state index in [0.717, 1.165) is 0 Å². The molecule has 0 atom stereocenters. The van der Waals surface area contributed by atoms with E-state index in [-0.39, 0.29) is 6.13 Å². The van der Waals surface area contributed by atoms with Gasteiger partial charge in [-0.15, -0.1) is 0 Å². The monoisotopic (exact) mass is 67.1 g/mol. The predicted octanol–water partition coefficient (Wildman–Crippen LogP) is -0.137. The van der Waals surface area contributed by atoms with Gasteiger partial charge < -0.3 is 11.2 Å². The SMILES string of the molecule is [2H]C(=O)O.[2H]N([2H])[2H]. The zero-order valence-electron chi connectivity index (χ0n) is 5.80. The molecule has 0 rings (SSSR count). The van der Waals surface area contributed by atoms with Crippen molar-refractivity contribution in [2.75, 3.05) is 0 Å². The molecule has 0 saturated carbocycles. The Hall–Kier alpha value is -0.570. The highest BCUT2D eigenvalue weighted by Gasteiger charge is 1.22. The van der Waals surface area contributed by atoms with Crippen LogP contribution in [0, 0.1) is 0 Å². The molecule has 0 aromatic carbocycles. The van der Waals surface area contributed by atoms with Gasteiger partial charge in [-0.3, -0.25) is 4.79 Å². The van der Waals surface area contributed by atoms with Crippen LogP contribution in [-0.4, -0.2) is 11.6 Å². The smallest absolute Gasteiger partial charge is 0.290 e. The van der Waals surface area contributed by atoms with Crippen LogP contribution in [-0.2, 0) is 4.79 Å². The summed E-state index contributed by atoms with van der Waals surface area (Å²) in [4.78, 5) is 8.67. The molecular weight excluding hydrogens is 58.0 g/mol. The van der Waals surface area contributed by atoms with Crippen LogP contribution in [0.4, 0.5) is 0 Å². The van der Waals surface area contributed by atoms with Crippen LogP contribution in [0.1, 0.15) is 1.37 Å². The van der Waals surface area contributed by atoms with Gasteiger partial charge in [0.05, 0.1) is 0 Å². The number of hydrogen-bond donors (Lipinski definition) is 2. The van der Waals surface area contributed by atoms with Crippen molar-refractivity contribution in [3.8, 4) is 0 Å². The summed E-state index contributed by atoms with van der Waals surface area (Å²) in [6.45, 7) is 0. The zero-order chi connectivity index (χ0) is 7.15. The third-order valence-electron chi connectivity index (χ3n) is 0. The van der Waals surface area contributed by atoms with Crippen molar-refractivity contribution in [1.82, 2.24) is 6.13 Å². The van der Waals surface area contributed by atoms with Gasteiger partial charge in [-0.1, -0.05) is 0 Å². The van der Waals surface area contributed by atoms with E-state index in [1.165, 1.54) is 0 Å². The Morgan fingerprint density at radius 3 is 2.75 bits per heavy atom. The largest absolute Gasteiger partial charge is 0.483 e. The number of rotatable bonds is 0. The molecule has 0 aromatic heterocycles. The maximum atomic E-state index is 8.67. The minimum atomic E-state index is -1.58. The van der Waals surface area contributed by atoms with Crippen LogP contribution < -0.4 is 6.13 Å². The van der Waals surface area contributed by atoms with E-state index < -0.39 is 6.45 Å². The van der Waals surface area contributed by atoms with Crippen LogP contribution in [0.15, 0.2) is 0 Å². The fourth-order valence-corrected chi connectivity index (χ4v) is 0. The molecule has 0 aliphatic carbocycles. The highest BCUT2D eigenvalue weighted by molar-refractivity contribution is 5.32. The molecule has 3 heteroatoms. The molecule has 0 radical (unpaired) electrons. The minimum absolute atomic E-state index is 0.250. The highest BCUT2D eigenvalue weighted by atomic mass is 16.3. The van der Waals surface area contributed by atoms with E-state index in [1.54, 1.807) is 0 Å². The van der Waals surface area contributed by atoms with Gasteiger partial charge in [0.2, 0.25) is 0 Å². The topological polar surface area (TPSA) is 72.3 Å². The van der Waals surface area contributed by atoms with Crippen LogP contribution in [0.2, 0.25) is 4.24 Å². The summed E-state index contributed by atoms with van der Waals surface area (Å²) in [6, 6.07) is 0. The van der Waals surface area contributed by atoms with Gasteiger partial charge in [-0.05, 0) is 0 Å². The second-order valence-corrected chi connectivity index (χ2v) is 0.0913. The van der Waals surface area contributed by atoms with Gasteiger partial charge in [0.25, 0.3) is 6.45 Å². The number of hydrogen-bond acceptors (Lipinski definition) is 2. The summed E-state index contributed by atoms with van der Waals surface area (Å²) in [6.07, 6.45) is -1.83. The summed E-state index contributed by atoms with van der Waals surface area (Å²) in [5, 5.41) is 7.08. The fraction of sp³-hybridized carbons (Fsp3) is 0. The van der Waals surface area contributed by atoms with Crippen molar-refractivity contribution in [3.63, 3.8) is 0 Å². The van der Waals surface area contributed by atoms with E-state index in [2.05, 4.69) is 0 Å². The van der Waals surface area contributed by atoms with Gasteiger partial charge >= 0.3 is 0 Å². The molecule has 0 aliphatic rings. The molecule has 0 amide bonds. The molecule has 4 N–H and O–H groups in total. The molecular formula is CH5NO2. The zero-order valence-corrected chi connectivity index (χ0v) is 1.80. The summed E-state index contributed by atoms with van der Waals surface area (Å²) in [7, 11) is 0. The summed E-state index contributed by atoms with van der Waals surface area (Å²) < 4.78 is 22.8. The molecule has 3 nitrogen and oxygen atoms in total. The maximum absolute atomic E-state index is 8.67. The van der Waals surface area contributed by atoms with Crippen molar-refractivity contribution in [2.24, 2.45) is 0 Å². The first-order valence-electron chi connectivity index (χ1n) is 2.27. The Balaban J connectivity index is 0. The molecule has 0 fully saturated rings. The third kappa shape index (κ3) is 0.814. The van der Waals surface area contributed by atoms with Gasteiger partial charge in [0.15, 0.2) is 1.37 Å². The maximum Gasteiger partial charge on any atom is 0.290 e. The second kappa shape index (κ2) is 26.9. The van der Waals surface area contributed by atoms with Crippen molar-refractivity contribution < 1.29 is 15.5 Å². The molecule has 0 bridgehead atoms. The number of carbonyl (C=O) groups is 1. The number of carboxylic acid groups (broad SMARTS) is 1. The van der Waals surface area contributed by atoms with Gasteiger partial charge in [0.1, 0.15) is 4.24 Å². The second-order valence-electron chi connectivity index (χ2n) is 0.0913. The first kappa shape index (κ1) is 0.687. The van der Waals surface area contributed by atoms with Gasteiger partial charge in [-0.2, -0.15) is 0 Å². The average molecular weight is 67.1 g/mol. The standard InChI is InChI=1S/CH2O2.H3N/c2-1-3;/h1H,(H,2,3);1H3/i1D;/hD3. The molecule has 0 heterocycles. The van der Waals surface area contributed by atoms with Crippen LogP contribution in [0.25, 0.3) is 0 Å². The summed E-state index contributed by atoms with van der Waals surface area (Å²) >= 11 is 0. The lowest BCUT2D eigenvalue weighted by Crippen LogP contribution is -1.49. The Bertz CT molecular complexity index is 58.3. The molecule has 0 aliphatic heterocycles. The molecule has 4 heavy (non-hydrogen) atoms. The van der Waals surface area contributed by atoms with Crippen molar-refractivity contribution >= 4 is 6.45 Å². The Morgan fingerprint density at radius 1 is 2.75 bits per heavy atom. The van der Waals surface area contributed by atoms with Gasteiger partial charge in [0, 0.05) is 0 Å². The Kier molecular flexibility index (Phi) is 4.62. The van der Waals surface area contributed by atoms with E-state index in [9.17, 15) is 0 Å². The fourth-order valence-electron chi connectivity index (χ4n) is 0. The van der Waals surface area contributed by atoms with Crippen molar-refractivity contribution in [3.05, 3.63) is 0 Å². The van der Waals surface area contributed by atoms with Crippen LogP contribution in [0.3, 0.4) is 0 Å². The quantitative estimate of drug-likeness (QED) is 0.387. The first-order valence-corrected chi connectivity index (χ1v) is 0.428. The van der Waals surface area contributed by atoms with Crippen molar-refractivity contribution in [2.45, 2.75) is 0 Å². The molecule has 0 spiro atoms.